The van der Waals surface area contributed by atoms with Crippen molar-refractivity contribution in [2.45, 2.75) is 64.6 Å². The quantitative estimate of drug-likeness (QED) is 0.473. The topological polar surface area (TPSA) is 12.5 Å². The van der Waals surface area contributed by atoms with E-state index in [9.17, 15) is 0 Å². The molecule has 2 saturated carbocycles. The minimum absolute atomic E-state index is 0.149. The Balaban J connectivity index is 1.61. The van der Waals surface area contributed by atoms with Crippen LogP contribution in [0.2, 0.25) is 0 Å². The molecule has 5 rings (SSSR count). The fourth-order valence-electron chi connectivity index (χ4n) is 7.51. The second-order valence-electron chi connectivity index (χ2n) is 9.51. The number of allylic oxidation sites excluding steroid dienone is 4. The summed E-state index contributed by atoms with van der Waals surface area (Å²) in [6.45, 7) is 11.6. The standard InChI is InChI=1S/C22H30O/c1-5-15-8-10-17-18-11-9-16-7-6-14(2)12-21(16,4)22(18)19(23-22)13-20(15,17)3/h5-7,9,14-15,17-19H,1,8,10-13H2,2-4H3/t14?,15-,17-,18-,19?,20+,21-,22-/m0/s1. The van der Waals surface area contributed by atoms with E-state index in [1.807, 2.05) is 0 Å². The molecule has 1 spiro atoms. The van der Waals surface area contributed by atoms with Crippen LogP contribution in [-0.4, -0.2) is 11.7 Å². The van der Waals surface area contributed by atoms with Gasteiger partial charge in [0.15, 0.2) is 0 Å². The summed E-state index contributed by atoms with van der Waals surface area (Å²) in [5.74, 6) is 2.91. The van der Waals surface area contributed by atoms with Gasteiger partial charge in [-0.25, -0.2) is 0 Å². The summed E-state index contributed by atoms with van der Waals surface area (Å²) in [7, 11) is 0. The minimum atomic E-state index is 0.149. The number of hydrogen-bond donors (Lipinski definition) is 0. The summed E-state index contributed by atoms with van der Waals surface area (Å²) in [4.78, 5) is 0. The predicted octanol–water partition coefficient (Wildman–Crippen LogP) is 5.29. The highest BCUT2D eigenvalue weighted by molar-refractivity contribution is 5.43. The summed E-state index contributed by atoms with van der Waals surface area (Å²) >= 11 is 0. The molecule has 23 heavy (non-hydrogen) atoms. The molecule has 1 heterocycles. The third-order valence-electron chi connectivity index (χ3n) is 8.61. The molecular formula is C22H30O. The Kier molecular flexibility index (Phi) is 2.67. The number of ether oxygens (including phenoxy) is 1. The molecule has 5 aliphatic rings. The molecule has 0 amide bonds. The molecule has 3 fully saturated rings. The van der Waals surface area contributed by atoms with E-state index in [0.29, 0.717) is 23.4 Å². The number of rotatable bonds is 1. The Bertz CT molecular complexity index is 630. The van der Waals surface area contributed by atoms with Crippen molar-refractivity contribution in [3.63, 3.8) is 0 Å². The fourth-order valence-corrected chi connectivity index (χ4v) is 7.51. The average Bonchev–Trinajstić information content (AvgIpc) is 3.12. The van der Waals surface area contributed by atoms with Crippen molar-refractivity contribution in [1.82, 2.24) is 0 Å². The van der Waals surface area contributed by atoms with E-state index in [1.54, 1.807) is 5.57 Å². The van der Waals surface area contributed by atoms with Crippen LogP contribution in [0, 0.1) is 34.5 Å². The SMILES string of the molecule is C=C[C@H]1CC[C@H]2[C@@H]3CC=C4C=CC(C)C[C@]4(C)[C@]34OC4C[C@]12C. The molecule has 1 aliphatic heterocycles. The zero-order chi connectivity index (χ0) is 16.0. The van der Waals surface area contributed by atoms with Crippen molar-refractivity contribution in [1.29, 1.82) is 0 Å². The number of fused-ring (bicyclic) bond motifs is 3. The van der Waals surface area contributed by atoms with Gasteiger partial charge < -0.3 is 4.74 Å². The normalized spacial score (nSPS) is 59.3. The summed E-state index contributed by atoms with van der Waals surface area (Å²) < 4.78 is 6.68. The molecular weight excluding hydrogens is 280 g/mol. The maximum atomic E-state index is 6.68. The molecule has 124 valence electrons. The fraction of sp³-hybridized carbons (Fsp3) is 0.727. The van der Waals surface area contributed by atoms with E-state index in [-0.39, 0.29) is 11.0 Å². The van der Waals surface area contributed by atoms with Gasteiger partial charge in [0.05, 0.1) is 6.10 Å². The summed E-state index contributed by atoms with van der Waals surface area (Å²) in [6.07, 6.45) is 16.6. The van der Waals surface area contributed by atoms with Crippen LogP contribution in [0.1, 0.15) is 52.9 Å². The first-order valence-electron chi connectivity index (χ1n) is 9.65. The molecule has 0 radical (unpaired) electrons. The van der Waals surface area contributed by atoms with Crippen LogP contribution in [0.5, 0.6) is 0 Å². The van der Waals surface area contributed by atoms with Gasteiger partial charge in [-0.1, -0.05) is 45.1 Å². The molecule has 0 aromatic rings. The Morgan fingerprint density at radius 3 is 2.83 bits per heavy atom. The van der Waals surface area contributed by atoms with E-state index in [4.69, 9.17) is 4.74 Å². The highest BCUT2D eigenvalue weighted by Gasteiger charge is 2.78. The van der Waals surface area contributed by atoms with Crippen molar-refractivity contribution >= 4 is 0 Å². The zero-order valence-corrected chi connectivity index (χ0v) is 14.8. The highest BCUT2D eigenvalue weighted by atomic mass is 16.6. The van der Waals surface area contributed by atoms with Gasteiger partial charge in [-0.2, -0.15) is 0 Å². The van der Waals surface area contributed by atoms with E-state index < -0.39 is 0 Å². The van der Waals surface area contributed by atoms with Crippen molar-refractivity contribution in [2.24, 2.45) is 34.5 Å². The van der Waals surface area contributed by atoms with Crippen LogP contribution < -0.4 is 0 Å². The second kappa shape index (κ2) is 4.23. The van der Waals surface area contributed by atoms with Crippen LogP contribution in [0.25, 0.3) is 0 Å². The van der Waals surface area contributed by atoms with Crippen LogP contribution >= 0.6 is 0 Å². The summed E-state index contributed by atoms with van der Waals surface area (Å²) in [5.41, 5.74) is 2.38. The molecule has 2 unspecified atom stereocenters. The van der Waals surface area contributed by atoms with Crippen molar-refractivity contribution in [2.75, 3.05) is 0 Å². The van der Waals surface area contributed by atoms with Gasteiger partial charge in [0.1, 0.15) is 5.60 Å². The lowest BCUT2D eigenvalue weighted by Crippen LogP contribution is -2.56. The van der Waals surface area contributed by atoms with E-state index in [2.05, 4.69) is 51.7 Å². The van der Waals surface area contributed by atoms with E-state index in [0.717, 1.165) is 11.8 Å². The lowest BCUT2D eigenvalue weighted by atomic mass is 9.47. The molecule has 8 atom stereocenters. The molecule has 0 bridgehead atoms. The Hall–Kier alpha value is -0.820. The smallest absolute Gasteiger partial charge is 0.108 e. The van der Waals surface area contributed by atoms with Crippen LogP contribution in [0.4, 0.5) is 0 Å². The van der Waals surface area contributed by atoms with Gasteiger partial charge in [0.25, 0.3) is 0 Å². The monoisotopic (exact) mass is 310 g/mol. The zero-order valence-electron chi connectivity index (χ0n) is 14.8. The number of hydrogen-bond acceptors (Lipinski definition) is 1. The van der Waals surface area contributed by atoms with Crippen molar-refractivity contribution < 1.29 is 4.74 Å². The van der Waals surface area contributed by atoms with Gasteiger partial charge in [0.2, 0.25) is 0 Å². The van der Waals surface area contributed by atoms with Crippen molar-refractivity contribution in [3.8, 4) is 0 Å². The number of epoxide rings is 1. The van der Waals surface area contributed by atoms with E-state index in [1.165, 1.54) is 32.1 Å². The predicted molar refractivity (Wildman–Crippen MR) is 94.0 cm³/mol. The van der Waals surface area contributed by atoms with Crippen LogP contribution in [0.3, 0.4) is 0 Å². The average molecular weight is 310 g/mol. The summed E-state index contributed by atoms with van der Waals surface area (Å²) in [6, 6.07) is 0. The third kappa shape index (κ3) is 1.50. The molecule has 0 aromatic heterocycles. The van der Waals surface area contributed by atoms with Crippen LogP contribution in [-0.2, 0) is 4.74 Å². The summed E-state index contributed by atoms with van der Waals surface area (Å²) in [5, 5.41) is 0. The molecule has 1 heteroatoms. The van der Waals surface area contributed by atoms with Gasteiger partial charge >= 0.3 is 0 Å². The molecule has 0 N–H and O–H groups in total. The molecule has 1 saturated heterocycles. The minimum Gasteiger partial charge on any atom is -0.365 e. The van der Waals surface area contributed by atoms with E-state index >= 15 is 0 Å². The Morgan fingerprint density at radius 1 is 1.22 bits per heavy atom. The maximum absolute atomic E-state index is 6.68. The van der Waals surface area contributed by atoms with Gasteiger partial charge in [-0.3, -0.25) is 0 Å². The highest BCUT2D eigenvalue weighted by Crippen LogP contribution is 2.75. The molecule has 1 nitrogen and oxygen atoms in total. The first-order valence-corrected chi connectivity index (χ1v) is 9.65. The first kappa shape index (κ1) is 14.5. The second-order valence-corrected chi connectivity index (χ2v) is 9.51. The Morgan fingerprint density at radius 2 is 2.04 bits per heavy atom. The van der Waals surface area contributed by atoms with Gasteiger partial charge in [-0.05, 0) is 66.8 Å². The Labute approximate surface area is 140 Å². The van der Waals surface area contributed by atoms with Gasteiger partial charge in [0, 0.05) is 5.41 Å². The molecule has 4 aliphatic carbocycles. The lowest BCUT2D eigenvalue weighted by molar-refractivity contribution is -0.0119. The maximum Gasteiger partial charge on any atom is 0.108 e. The van der Waals surface area contributed by atoms with Crippen LogP contribution in [0.15, 0.2) is 36.5 Å². The first-order chi connectivity index (χ1) is 11.0. The van der Waals surface area contributed by atoms with Crippen molar-refractivity contribution in [3.05, 3.63) is 36.5 Å². The van der Waals surface area contributed by atoms with Gasteiger partial charge in [-0.15, -0.1) is 6.58 Å². The lowest BCUT2D eigenvalue weighted by Gasteiger charge is -2.55. The largest absolute Gasteiger partial charge is 0.365 e. The third-order valence-corrected chi connectivity index (χ3v) is 8.61. The molecule has 0 aromatic carbocycles.